The number of anilines is 1. The molecule has 1 saturated heterocycles. The van der Waals surface area contributed by atoms with E-state index in [1.54, 1.807) is 17.0 Å². The summed E-state index contributed by atoms with van der Waals surface area (Å²) in [6.45, 7) is 6.52. The normalized spacial score (nSPS) is 15.2. The number of aryl methyl sites for hydroxylation is 1. The number of fused-ring (bicyclic) bond motifs is 1. The van der Waals surface area contributed by atoms with Gasteiger partial charge in [-0.1, -0.05) is 34.5 Å². The molecule has 2 aromatic heterocycles. The second-order valence-corrected chi connectivity index (χ2v) is 9.74. The van der Waals surface area contributed by atoms with Gasteiger partial charge in [-0.25, -0.2) is 4.98 Å². The van der Waals surface area contributed by atoms with Gasteiger partial charge in [0.2, 0.25) is 0 Å². The van der Waals surface area contributed by atoms with E-state index in [-0.39, 0.29) is 5.91 Å². The van der Waals surface area contributed by atoms with Crippen molar-refractivity contribution in [3.05, 3.63) is 44.1 Å². The van der Waals surface area contributed by atoms with E-state index in [1.807, 2.05) is 19.1 Å². The van der Waals surface area contributed by atoms with Crippen LogP contribution in [-0.4, -0.2) is 55.2 Å². The van der Waals surface area contributed by atoms with Gasteiger partial charge in [0, 0.05) is 31.2 Å². The summed E-state index contributed by atoms with van der Waals surface area (Å²) in [6, 6.07) is 7.32. The second-order valence-electron chi connectivity index (χ2n) is 6.58. The predicted molar refractivity (Wildman–Crippen MR) is 118 cm³/mol. The Morgan fingerprint density at radius 3 is 2.75 bits per heavy atom. The Morgan fingerprint density at radius 1 is 1.25 bits per heavy atom. The van der Waals surface area contributed by atoms with Crippen molar-refractivity contribution < 1.29 is 9.53 Å². The number of thiophene rings is 1. The number of thiazole rings is 1. The van der Waals surface area contributed by atoms with Crippen LogP contribution >= 0.6 is 45.9 Å². The number of ether oxygens (including phenoxy) is 1. The molecule has 1 aromatic carbocycles. The lowest BCUT2D eigenvalue weighted by atomic mass is 10.2. The Bertz CT molecular complexity index is 998. The molecule has 4 rings (SSSR count). The maximum Gasteiger partial charge on any atom is 0.270 e. The minimum absolute atomic E-state index is 0.0760. The number of hydrogen-bond donors (Lipinski definition) is 0. The lowest BCUT2D eigenvalue weighted by Crippen LogP contribution is -2.43. The molecule has 0 N–H and O–H groups in total. The van der Waals surface area contributed by atoms with E-state index >= 15 is 0 Å². The van der Waals surface area contributed by atoms with Crippen LogP contribution in [0.4, 0.5) is 5.13 Å². The number of nitrogens with zero attached hydrogens (tertiary/aromatic N) is 3. The first-order chi connectivity index (χ1) is 13.5. The summed E-state index contributed by atoms with van der Waals surface area (Å²) in [6.07, 6.45) is 0. The highest BCUT2D eigenvalue weighted by Gasteiger charge is 2.24. The first kappa shape index (κ1) is 20.1. The Kier molecular flexibility index (Phi) is 6.20. The van der Waals surface area contributed by atoms with Crippen LogP contribution in [-0.2, 0) is 4.74 Å². The molecular formula is C19H19Cl2N3O2S2. The first-order valence-corrected chi connectivity index (χ1v) is 11.3. The standard InChI is InChI=1S/C19H19Cl2N3O2S2/c1-12-10-13(20)11-15-17(12)22-19(28-15)24(5-4-23-6-8-26-9-7-23)18(25)14-2-3-16(21)27-14/h2-3,10-11H,4-9H2,1H3. The van der Waals surface area contributed by atoms with E-state index in [0.717, 1.165) is 48.6 Å². The SMILES string of the molecule is Cc1cc(Cl)cc2sc(N(CCN3CCOCC3)C(=O)c3ccc(Cl)s3)nc12. The number of carbonyl (C=O) groups excluding carboxylic acids is 1. The number of carbonyl (C=O) groups is 1. The Morgan fingerprint density at radius 2 is 2.04 bits per heavy atom. The summed E-state index contributed by atoms with van der Waals surface area (Å²) in [7, 11) is 0. The number of halogens is 2. The average Bonchev–Trinajstić information content (AvgIpc) is 3.29. The Hall–Kier alpha value is -1.22. The fraction of sp³-hybridized carbons (Fsp3) is 0.368. The van der Waals surface area contributed by atoms with Crippen molar-refractivity contribution in [3.63, 3.8) is 0 Å². The molecule has 148 valence electrons. The number of aromatic nitrogens is 1. The molecule has 1 aliphatic rings. The lowest BCUT2D eigenvalue weighted by molar-refractivity contribution is 0.0391. The highest BCUT2D eigenvalue weighted by atomic mass is 35.5. The van der Waals surface area contributed by atoms with E-state index in [2.05, 4.69) is 4.90 Å². The fourth-order valence-electron chi connectivity index (χ4n) is 3.17. The largest absolute Gasteiger partial charge is 0.379 e. The molecule has 0 saturated carbocycles. The number of amides is 1. The third-order valence-electron chi connectivity index (χ3n) is 4.64. The topological polar surface area (TPSA) is 45.7 Å². The minimum atomic E-state index is -0.0760. The Balaban J connectivity index is 1.65. The van der Waals surface area contributed by atoms with Crippen LogP contribution < -0.4 is 4.90 Å². The molecule has 0 radical (unpaired) electrons. The molecule has 1 amide bonds. The van der Waals surface area contributed by atoms with Crippen molar-refractivity contribution in [1.82, 2.24) is 9.88 Å². The highest BCUT2D eigenvalue weighted by Crippen LogP contribution is 2.34. The zero-order valence-corrected chi connectivity index (χ0v) is 18.4. The molecule has 0 bridgehead atoms. The zero-order valence-electron chi connectivity index (χ0n) is 15.3. The summed E-state index contributed by atoms with van der Waals surface area (Å²) in [5.74, 6) is -0.0760. The molecule has 3 heterocycles. The van der Waals surface area contributed by atoms with E-state index in [1.165, 1.54) is 22.7 Å². The minimum Gasteiger partial charge on any atom is -0.379 e. The van der Waals surface area contributed by atoms with E-state index < -0.39 is 0 Å². The molecule has 28 heavy (non-hydrogen) atoms. The van der Waals surface area contributed by atoms with E-state index in [9.17, 15) is 4.79 Å². The van der Waals surface area contributed by atoms with Crippen molar-refractivity contribution in [2.45, 2.75) is 6.92 Å². The van der Waals surface area contributed by atoms with Crippen LogP contribution in [0.2, 0.25) is 9.36 Å². The molecule has 1 fully saturated rings. The summed E-state index contributed by atoms with van der Waals surface area (Å²) in [4.78, 5) is 22.7. The van der Waals surface area contributed by atoms with Crippen LogP contribution in [0.15, 0.2) is 24.3 Å². The van der Waals surface area contributed by atoms with Crippen molar-refractivity contribution in [3.8, 4) is 0 Å². The zero-order chi connectivity index (χ0) is 19.7. The van der Waals surface area contributed by atoms with Gasteiger partial charge in [-0.15, -0.1) is 11.3 Å². The van der Waals surface area contributed by atoms with Gasteiger partial charge in [-0.2, -0.15) is 0 Å². The van der Waals surface area contributed by atoms with E-state index in [4.69, 9.17) is 32.9 Å². The number of benzene rings is 1. The fourth-order valence-corrected chi connectivity index (χ4v) is 5.61. The molecule has 0 unspecified atom stereocenters. The maximum atomic E-state index is 13.2. The van der Waals surface area contributed by atoms with Crippen LogP contribution in [0.5, 0.6) is 0 Å². The first-order valence-electron chi connectivity index (χ1n) is 8.95. The quantitative estimate of drug-likeness (QED) is 0.545. The summed E-state index contributed by atoms with van der Waals surface area (Å²) in [5, 5.41) is 1.36. The molecule has 3 aromatic rings. The van der Waals surface area contributed by atoms with Gasteiger partial charge in [0.25, 0.3) is 5.91 Å². The molecular weight excluding hydrogens is 437 g/mol. The lowest BCUT2D eigenvalue weighted by Gasteiger charge is -2.29. The number of hydrogen-bond acceptors (Lipinski definition) is 6. The van der Waals surface area contributed by atoms with Gasteiger partial charge in [-0.3, -0.25) is 14.6 Å². The monoisotopic (exact) mass is 455 g/mol. The molecule has 9 heteroatoms. The van der Waals surface area contributed by atoms with Gasteiger partial charge >= 0.3 is 0 Å². The molecule has 0 atom stereocenters. The third-order valence-corrected chi connectivity index (χ3v) is 7.11. The van der Waals surface area contributed by atoms with Gasteiger partial charge in [-0.05, 0) is 36.8 Å². The van der Waals surface area contributed by atoms with Crippen LogP contribution in [0.1, 0.15) is 15.2 Å². The Labute approximate surface area is 181 Å². The summed E-state index contributed by atoms with van der Waals surface area (Å²) < 4.78 is 7.00. The van der Waals surface area contributed by atoms with Crippen LogP contribution in [0, 0.1) is 6.92 Å². The van der Waals surface area contributed by atoms with Crippen molar-refractivity contribution >= 4 is 67.1 Å². The second kappa shape index (κ2) is 8.65. The number of morpholine rings is 1. The smallest absolute Gasteiger partial charge is 0.270 e. The molecule has 1 aliphatic heterocycles. The average molecular weight is 456 g/mol. The van der Waals surface area contributed by atoms with Crippen molar-refractivity contribution in [2.75, 3.05) is 44.3 Å². The third kappa shape index (κ3) is 4.35. The summed E-state index contributed by atoms with van der Waals surface area (Å²) >= 11 is 15.0. The summed E-state index contributed by atoms with van der Waals surface area (Å²) in [5.41, 5.74) is 1.89. The van der Waals surface area contributed by atoms with Gasteiger partial charge in [0.1, 0.15) is 0 Å². The van der Waals surface area contributed by atoms with E-state index in [0.29, 0.717) is 25.9 Å². The number of rotatable bonds is 5. The molecule has 0 aliphatic carbocycles. The molecule has 5 nitrogen and oxygen atoms in total. The van der Waals surface area contributed by atoms with Gasteiger partial charge in [0.15, 0.2) is 5.13 Å². The van der Waals surface area contributed by atoms with Crippen LogP contribution in [0.3, 0.4) is 0 Å². The van der Waals surface area contributed by atoms with Crippen molar-refractivity contribution in [2.24, 2.45) is 0 Å². The van der Waals surface area contributed by atoms with Crippen molar-refractivity contribution in [1.29, 1.82) is 0 Å². The van der Waals surface area contributed by atoms with Crippen LogP contribution in [0.25, 0.3) is 10.2 Å². The predicted octanol–water partition coefficient (Wildman–Crippen LogP) is 4.95. The maximum absolute atomic E-state index is 13.2. The highest BCUT2D eigenvalue weighted by molar-refractivity contribution is 7.22. The molecule has 0 spiro atoms. The van der Waals surface area contributed by atoms with Gasteiger partial charge < -0.3 is 4.74 Å². The van der Waals surface area contributed by atoms with Gasteiger partial charge in [0.05, 0.1) is 32.6 Å².